The van der Waals surface area contributed by atoms with Crippen molar-refractivity contribution in [3.05, 3.63) is 46.0 Å². The lowest BCUT2D eigenvalue weighted by Crippen LogP contribution is -2.00. The molecule has 6 nitrogen and oxygen atoms in total. The second-order valence-corrected chi connectivity index (χ2v) is 7.54. The maximum Gasteiger partial charge on any atom is 0.216 e. The summed E-state index contributed by atoms with van der Waals surface area (Å²) in [6.45, 7) is 2.89. The quantitative estimate of drug-likeness (QED) is 0.268. The van der Waals surface area contributed by atoms with Crippen LogP contribution in [0.2, 0.25) is 0 Å². The van der Waals surface area contributed by atoms with Crippen molar-refractivity contribution in [3.8, 4) is 22.2 Å². The SMILES string of the molecule is CCCCCCOc1ccc(/C=N\n2c(-c3cccs3)n[nH]c2=S)cc1OC. The van der Waals surface area contributed by atoms with Gasteiger partial charge < -0.3 is 9.47 Å². The van der Waals surface area contributed by atoms with Crippen LogP contribution in [-0.2, 0) is 0 Å². The molecule has 0 amide bonds. The van der Waals surface area contributed by atoms with Gasteiger partial charge in [0.2, 0.25) is 4.77 Å². The molecule has 0 aliphatic carbocycles. The van der Waals surface area contributed by atoms with E-state index in [1.807, 2.05) is 35.7 Å². The summed E-state index contributed by atoms with van der Waals surface area (Å²) in [7, 11) is 1.64. The first kappa shape index (κ1) is 20.3. The number of ether oxygens (including phenoxy) is 2. The molecule has 0 aliphatic rings. The fourth-order valence-electron chi connectivity index (χ4n) is 2.68. The first-order valence-electron chi connectivity index (χ1n) is 9.29. The van der Waals surface area contributed by atoms with Gasteiger partial charge in [0, 0.05) is 0 Å². The van der Waals surface area contributed by atoms with Gasteiger partial charge in [-0.3, -0.25) is 0 Å². The molecule has 0 fully saturated rings. The minimum absolute atomic E-state index is 0.443. The van der Waals surface area contributed by atoms with Crippen LogP contribution in [0.4, 0.5) is 0 Å². The summed E-state index contributed by atoms with van der Waals surface area (Å²) in [6, 6.07) is 9.71. The van der Waals surface area contributed by atoms with Crippen LogP contribution in [0.5, 0.6) is 11.5 Å². The predicted octanol–water partition coefficient (Wildman–Crippen LogP) is 5.52. The molecule has 0 saturated heterocycles. The Morgan fingerprint density at radius 3 is 2.89 bits per heavy atom. The highest BCUT2D eigenvalue weighted by Gasteiger charge is 2.09. The molecule has 0 aliphatic heterocycles. The molecule has 2 heterocycles. The maximum absolute atomic E-state index is 5.86. The molecule has 0 saturated carbocycles. The molecule has 0 atom stereocenters. The Balaban J connectivity index is 1.73. The molecule has 0 unspecified atom stereocenters. The van der Waals surface area contributed by atoms with Crippen LogP contribution in [-0.4, -0.2) is 34.8 Å². The van der Waals surface area contributed by atoms with Crippen molar-refractivity contribution in [2.75, 3.05) is 13.7 Å². The van der Waals surface area contributed by atoms with Crippen LogP contribution in [0.1, 0.15) is 38.2 Å². The average molecular weight is 417 g/mol. The lowest BCUT2D eigenvalue weighted by molar-refractivity contribution is 0.285. The zero-order chi connectivity index (χ0) is 19.8. The first-order valence-corrected chi connectivity index (χ1v) is 10.6. The zero-order valence-corrected chi connectivity index (χ0v) is 17.7. The Kier molecular flexibility index (Phi) is 7.39. The number of hydrogen-bond donors (Lipinski definition) is 1. The third kappa shape index (κ3) is 5.08. The van der Waals surface area contributed by atoms with E-state index < -0.39 is 0 Å². The number of methoxy groups -OCH3 is 1. The van der Waals surface area contributed by atoms with Crippen molar-refractivity contribution in [3.63, 3.8) is 0 Å². The molecule has 28 heavy (non-hydrogen) atoms. The highest BCUT2D eigenvalue weighted by molar-refractivity contribution is 7.71. The van der Waals surface area contributed by atoms with E-state index in [0.717, 1.165) is 22.6 Å². The number of rotatable bonds is 10. The summed E-state index contributed by atoms with van der Waals surface area (Å²) in [5, 5.41) is 13.6. The van der Waals surface area contributed by atoms with Crippen molar-refractivity contribution >= 4 is 29.8 Å². The van der Waals surface area contributed by atoms with Gasteiger partial charge in [-0.1, -0.05) is 32.3 Å². The van der Waals surface area contributed by atoms with Gasteiger partial charge in [-0.15, -0.1) is 11.3 Å². The minimum Gasteiger partial charge on any atom is -0.493 e. The standard InChI is InChI=1S/C20H24N4O2S2/c1-3-4-5-6-11-26-16-10-9-15(13-17(16)25-2)14-21-24-19(22-23-20(24)27)18-8-7-12-28-18/h7-10,12-14H,3-6,11H2,1-2H3,(H,23,27)/b21-14-. The summed E-state index contributed by atoms with van der Waals surface area (Å²) in [6.07, 6.45) is 6.41. The number of benzene rings is 1. The van der Waals surface area contributed by atoms with E-state index in [0.29, 0.717) is 23.0 Å². The lowest BCUT2D eigenvalue weighted by atomic mass is 10.2. The predicted molar refractivity (Wildman–Crippen MR) is 116 cm³/mol. The van der Waals surface area contributed by atoms with Crippen LogP contribution >= 0.6 is 23.6 Å². The molecule has 1 aromatic carbocycles. The number of aromatic nitrogens is 3. The van der Waals surface area contributed by atoms with E-state index in [1.54, 1.807) is 29.3 Å². The molecule has 2 aromatic heterocycles. The van der Waals surface area contributed by atoms with Crippen molar-refractivity contribution in [1.82, 2.24) is 14.9 Å². The number of unbranched alkanes of at least 4 members (excludes halogenated alkanes) is 3. The lowest BCUT2D eigenvalue weighted by Gasteiger charge is -2.11. The first-order chi connectivity index (χ1) is 13.7. The maximum atomic E-state index is 5.86. The molecular formula is C20H24N4O2S2. The highest BCUT2D eigenvalue weighted by atomic mass is 32.1. The number of thiophene rings is 1. The van der Waals surface area contributed by atoms with E-state index >= 15 is 0 Å². The molecule has 3 rings (SSSR count). The number of aromatic amines is 1. The van der Waals surface area contributed by atoms with E-state index in [9.17, 15) is 0 Å². The van der Waals surface area contributed by atoms with E-state index in [-0.39, 0.29) is 0 Å². The van der Waals surface area contributed by atoms with Crippen molar-refractivity contribution < 1.29 is 9.47 Å². The van der Waals surface area contributed by atoms with Gasteiger partial charge in [0.15, 0.2) is 17.3 Å². The Labute approximate surface area is 173 Å². The van der Waals surface area contributed by atoms with Gasteiger partial charge in [-0.25, -0.2) is 5.10 Å². The second kappa shape index (κ2) is 10.2. The van der Waals surface area contributed by atoms with Gasteiger partial charge in [0.05, 0.1) is 24.8 Å². The second-order valence-electron chi connectivity index (χ2n) is 6.21. The van der Waals surface area contributed by atoms with Crippen LogP contribution < -0.4 is 9.47 Å². The number of nitrogens with zero attached hydrogens (tertiary/aromatic N) is 3. The number of hydrogen-bond acceptors (Lipinski definition) is 6. The molecule has 0 spiro atoms. The number of H-pyrrole nitrogens is 1. The largest absolute Gasteiger partial charge is 0.493 e. The van der Waals surface area contributed by atoms with Crippen molar-refractivity contribution in [2.24, 2.45) is 5.10 Å². The fraction of sp³-hybridized carbons (Fsp3) is 0.350. The molecular weight excluding hydrogens is 392 g/mol. The molecule has 148 valence electrons. The van der Waals surface area contributed by atoms with E-state index in [4.69, 9.17) is 21.7 Å². The van der Waals surface area contributed by atoms with E-state index in [2.05, 4.69) is 22.2 Å². The molecule has 1 N–H and O–H groups in total. The molecule has 0 radical (unpaired) electrons. The van der Waals surface area contributed by atoms with Crippen molar-refractivity contribution in [1.29, 1.82) is 0 Å². The molecule has 8 heteroatoms. The van der Waals surface area contributed by atoms with Gasteiger partial charge in [0.25, 0.3) is 0 Å². The van der Waals surface area contributed by atoms with Crippen LogP contribution in [0.25, 0.3) is 10.7 Å². The van der Waals surface area contributed by atoms with Gasteiger partial charge in [-0.05, 0) is 53.8 Å². The third-order valence-corrected chi connectivity index (χ3v) is 5.29. The third-order valence-electron chi connectivity index (χ3n) is 4.16. The normalized spacial score (nSPS) is 11.2. The highest BCUT2D eigenvalue weighted by Crippen LogP contribution is 2.28. The average Bonchev–Trinajstić information content (AvgIpc) is 3.36. The Morgan fingerprint density at radius 2 is 2.14 bits per heavy atom. The Bertz CT molecular complexity index is 961. The fourth-order valence-corrected chi connectivity index (χ4v) is 3.56. The molecule has 0 bridgehead atoms. The monoisotopic (exact) mass is 416 g/mol. The van der Waals surface area contributed by atoms with Gasteiger partial charge >= 0.3 is 0 Å². The Hall–Kier alpha value is -2.45. The van der Waals surface area contributed by atoms with Crippen LogP contribution in [0, 0.1) is 4.77 Å². The van der Waals surface area contributed by atoms with Gasteiger partial charge in [0.1, 0.15) is 0 Å². The number of nitrogens with one attached hydrogen (secondary N) is 1. The Morgan fingerprint density at radius 1 is 1.25 bits per heavy atom. The summed E-state index contributed by atoms with van der Waals surface area (Å²) in [5.74, 6) is 2.12. The summed E-state index contributed by atoms with van der Waals surface area (Å²) in [5.41, 5.74) is 0.885. The smallest absolute Gasteiger partial charge is 0.216 e. The minimum atomic E-state index is 0.443. The van der Waals surface area contributed by atoms with Crippen molar-refractivity contribution in [2.45, 2.75) is 32.6 Å². The van der Waals surface area contributed by atoms with Gasteiger partial charge in [-0.2, -0.15) is 14.9 Å². The van der Waals surface area contributed by atoms with Crippen LogP contribution in [0.15, 0.2) is 40.8 Å². The molecule has 3 aromatic rings. The topological polar surface area (TPSA) is 64.4 Å². The van der Waals surface area contributed by atoms with Crippen LogP contribution in [0.3, 0.4) is 0 Å². The van der Waals surface area contributed by atoms with E-state index in [1.165, 1.54) is 19.3 Å². The summed E-state index contributed by atoms with van der Waals surface area (Å²) >= 11 is 6.89. The summed E-state index contributed by atoms with van der Waals surface area (Å²) in [4.78, 5) is 0.994. The summed E-state index contributed by atoms with van der Waals surface area (Å²) < 4.78 is 13.4. The zero-order valence-electron chi connectivity index (χ0n) is 16.1.